The van der Waals surface area contributed by atoms with Gasteiger partial charge in [0.2, 0.25) is 5.91 Å². The van der Waals surface area contributed by atoms with Crippen molar-refractivity contribution in [1.29, 1.82) is 0 Å². The topological polar surface area (TPSA) is 29.1 Å². The van der Waals surface area contributed by atoms with E-state index < -0.39 is 17.5 Å². The number of nitrogens with one attached hydrogen (secondary N) is 1. The van der Waals surface area contributed by atoms with E-state index in [1.807, 2.05) is 0 Å². The van der Waals surface area contributed by atoms with Gasteiger partial charge in [0.1, 0.15) is 0 Å². The van der Waals surface area contributed by atoms with Gasteiger partial charge >= 0.3 is 0 Å². The SMILES string of the molecule is CC(=O)NCCC#Cc1ccc(F)c(F)c1F. The van der Waals surface area contributed by atoms with Gasteiger partial charge in [0.05, 0.1) is 5.56 Å². The van der Waals surface area contributed by atoms with Gasteiger partial charge in [-0.3, -0.25) is 4.79 Å². The average molecular weight is 241 g/mol. The van der Waals surface area contributed by atoms with Crippen molar-refractivity contribution in [3.8, 4) is 11.8 Å². The highest BCUT2D eigenvalue weighted by molar-refractivity contribution is 5.72. The number of carbonyl (C=O) groups excluding carboxylic acids is 1. The highest BCUT2D eigenvalue weighted by atomic mass is 19.2. The lowest BCUT2D eigenvalue weighted by atomic mass is 10.2. The Balaban J connectivity index is 2.66. The van der Waals surface area contributed by atoms with E-state index in [1.165, 1.54) is 6.92 Å². The third-order valence-electron chi connectivity index (χ3n) is 1.88. The summed E-state index contributed by atoms with van der Waals surface area (Å²) in [5.74, 6) is 0.666. The summed E-state index contributed by atoms with van der Waals surface area (Å²) in [7, 11) is 0. The van der Waals surface area contributed by atoms with Crippen LogP contribution in [0.2, 0.25) is 0 Å². The Kier molecular flexibility index (Phi) is 4.58. The van der Waals surface area contributed by atoms with Crippen LogP contribution in [-0.2, 0) is 4.79 Å². The van der Waals surface area contributed by atoms with Crippen LogP contribution >= 0.6 is 0 Å². The summed E-state index contributed by atoms with van der Waals surface area (Å²) in [6, 6.07) is 1.88. The normalized spacial score (nSPS) is 9.41. The summed E-state index contributed by atoms with van der Waals surface area (Å²) >= 11 is 0. The van der Waals surface area contributed by atoms with Crippen LogP contribution in [0, 0.1) is 29.3 Å². The molecule has 0 bridgehead atoms. The number of benzene rings is 1. The molecule has 1 aromatic rings. The highest BCUT2D eigenvalue weighted by Crippen LogP contribution is 2.13. The molecule has 0 spiro atoms. The summed E-state index contributed by atoms with van der Waals surface area (Å²) in [5.41, 5.74) is -0.202. The Labute approximate surface area is 96.8 Å². The van der Waals surface area contributed by atoms with E-state index in [4.69, 9.17) is 0 Å². The first-order chi connectivity index (χ1) is 8.02. The molecule has 0 aliphatic heterocycles. The number of hydrogen-bond donors (Lipinski definition) is 1. The minimum absolute atomic E-state index is 0.189. The summed E-state index contributed by atoms with van der Waals surface area (Å²) in [4.78, 5) is 10.5. The fraction of sp³-hybridized carbons (Fsp3) is 0.250. The minimum atomic E-state index is -1.53. The van der Waals surface area contributed by atoms with Crippen LogP contribution in [0.25, 0.3) is 0 Å². The van der Waals surface area contributed by atoms with Gasteiger partial charge in [-0.15, -0.1) is 0 Å². The van der Waals surface area contributed by atoms with Crippen molar-refractivity contribution in [2.24, 2.45) is 0 Å². The van der Waals surface area contributed by atoms with E-state index in [0.717, 1.165) is 12.1 Å². The second-order valence-electron chi connectivity index (χ2n) is 3.26. The van der Waals surface area contributed by atoms with Crippen molar-refractivity contribution >= 4 is 5.91 Å². The van der Waals surface area contributed by atoms with Crippen molar-refractivity contribution < 1.29 is 18.0 Å². The average Bonchev–Trinajstić information content (AvgIpc) is 2.28. The zero-order chi connectivity index (χ0) is 12.8. The molecule has 0 atom stereocenters. The van der Waals surface area contributed by atoms with Crippen LogP contribution in [0.1, 0.15) is 18.9 Å². The molecule has 0 aromatic heterocycles. The standard InChI is InChI=1S/C12H10F3NO/c1-8(17)16-7-3-2-4-9-5-6-10(13)12(15)11(9)14/h5-6H,3,7H2,1H3,(H,16,17). The van der Waals surface area contributed by atoms with E-state index in [-0.39, 0.29) is 11.5 Å². The van der Waals surface area contributed by atoms with Gasteiger partial charge in [-0.1, -0.05) is 11.8 Å². The Morgan fingerprint density at radius 1 is 1.29 bits per heavy atom. The first-order valence-corrected chi connectivity index (χ1v) is 4.89. The van der Waals surface area contributed by atoms with Crippen molar-refractivity contribution in [1.82, 2.24) is 5.32 Å². The predicted octanol–water partition coefficient (Wildman–Crippen LogP) is 1.98. The number of rotatable bonds is 2. The van der Waals surface area contributed by atoms with Gasteiger partial charge in [0, 0.05) is 19.9 Å². The van der Waals surface area contributed by atoms with Gasteiger partial charge in [-0.25, -0.2) is 13.2 Å². The maximum Gasteiger partial charge on any atom is 0.216 e. The molecule has 1 amide bonds. The van der Waals surface area contributed by atoms with E-state index in [1.54, 1.807) is 0 Å². The quantitative estimate of drug-likeness (QED) is 0.479. The van der Waals surface area contributed by atoms with E-state index in [9.17, 15) is 18.0 Å². The molecule has 0 unspecified atom stereocenters. The first-order valence-electron chi connectivity index (χ1n) is 4.89. The van der Waals surface area contributed by atoms with E-state index >= 15 is 0 Å². The fourth-order valence-corrected chi connectivity index (χ4v) is 1.08. The Bertz CT molecular complexity index is 489. The highest BCUT2D eigenvalue weighted by Gasteiger charge is 2.11. The smallest absolute Gasteiger partial charge is 0.216 e. The fourth-order valence-electron chi connectivity index (χ4n) is 1.08. The van der Waals surface area contributed by atoms with Gasteiger partial charge in [-0.2, -0.15) is 0 Å². The minimum Gasteiger partial charge on any atom is -0.355 e. The molecule has 0 saturated carbocycles. The molecule has 0 saturated heterocycles. The second kappa shape index (κ2) is 5.94. The van der Waals surface area contributed by atoms with Crippen LogP contribution in [-0.4, -0.2) is 12.5 Å². The summed E-state index contributed by atoms with van der Waals surface area (Å²) < 4.78 is 38.5. The molecule has 1 N–H and O–H groups in total. The number of carbonyl (C=O) groups is 1. The zero-order valence-electron chi connectivity index (χ0n) is 9.11. The van der Waals surface area contributed by atoms with E-state index in [0.29, 0.717) is 13.0 Å². The van der Waals surface area contributed by atoms with E-state index in [2.05, 4.69) is 17.2 Å². The number of halogens is 3. The third kappa shape index (κ3) is 3.83. The number of hydrogen-bond acceptors (Lipinski definition) is 1. The van der Waals surface area contributed by atoms with Crippen molar-refractivity contribution in [2.45, 2.75) is 13.3 Å². The molecule has 0 heterocycles. The van der Waals surface area contributed by atoms with Crippen LogP contribution in [0.15, 0.2) is 12.1 Å². The van der Waals surface area contributed by atoms with Crippen LogP contribution < -0.4 is 5.32 Å². The third-order valence-corrected chi connectivity index (χ3v) is 1.88. The lowest BCUT2D eigenvalue weighted by Crippen LogP contribution is -2.20. The Hall–Kier alpha value is -1.96. The van der Waals surface area contributed by atoms with Gasteiger partial charge in [0.25, 0.3) is 0 Å². The molecule has 0 aliphatic rings. The maximum absolute atomic E-state index is 13.1. The van der Waals surface area contributed by atoms with Gasteiger partial charge in [0.15, 0.2) is 17.5 Å². The first kappa shape index (κ1) is 13.1. The molecule has 17 heavy (non-hydrogen) atoms. The largest absolute Gasteiger partial charge is 0.355 e. The summed E-state index contributed by atoms with van der Waals surface area (Å²) in [6.45, 7) is 1.69. The molecule has 90 valence electrons. The van der Waals surface area contributed by atoms with Gasteiger partial charge < -0.3 is 5.32 Å². The molecule has 0 fully saturated rings. The number of amides is 1. The molecule has 5 heteroatoms. The molecule has 1 aromatic carbocycles. The molecule has 1 rings (SSSR count). The van der Waals surface area contributed by atoms with Crippen LogP contribution in [0.3, 0.4) is 0 Å². The lowest BCUT2D eigenvalue weighted by Gasteiger charge is -1.97. The molecule has 0 radical (unpaired) electrons. The Morgan fingerprint density at radius 2 is 2.00 bits per heavy atom. The summed E-state index contributed by atoms with van der Waals surface area (Å²) in [5, 5.41) is 2.50. The zero-order valence-corrected chi connectivity index (χ0v) is 9.11. The van der Waals surface area contributed by atoms with Gasteiger partial charge in [-0.05, 0) is 12.1 Å². The lowest BCUT2D eigenvalue weighted by molar-refractivity contribution is -0.118. The predicted molar refractivity (Wildman–Crippen MR) is 56.5 cm³/mol. The van der Waals surface area contributed by atoms with Crippen LogP contribution in [0.5, 0.6) is 0 Å². The molecule has 0 aliphatic carbocycles. The molecular weight excluding hydrogens is 231 g/mol. The van der Waals surface area contributed by atoms with Crippen molar-refractivity contribution in [2.75, 3.05) is 6.54 Å². The van der Waals surface area contributed by atoms with Crippen molar-refractivity contribution in [3.05, 3.63) is 35.1 Å². The van der Waals surface area contributed by atoms with Crippen LogP contribution in [0.4, 0.5) is 13.2 Å². The second-order valence-corrected chi connectivity index (χ2v) is 3.26. The van der Waals surface area contributed by atoms with Crippen molar-refractivity contribution in [3.63, 3.8) is 0 Å². The maximum atomic E-state index is 13.1. The monoisotopic (exact) mass is 241 g/mol. The summed E-state index contributed by atoms with van der Waals surface area (Å²) in [6.07, 6.45) is 0.304. The molecule has 2 nitrogen and oxygen atoms in total. The molecular formula is C12H10F3NO. The Morgan fingerprint density at radius 3 is 2.65 bits per heavy atom.